The van der Waals surface area contributed by atoms with Crippen LogP contribution in [0.15, 0.2) is 78.9 Å². The van der Waals surface area contributed by atoms with Crippen LogP contribution >= 0.6 is 0 Å². The summed E-state index contributed by atoms with van der Waals surface area (Å²) in [6.45, 7) is 3.46. The highest BCUT2D eigenvalue weighted by atomic mass is 16.5. The molecule has 34 heavy (non-hydrogen) atoms. The molecule has 0 saturated carbocycles. The van der Waals surface area contributed by atoms with Gasteiger partial charge in [0.25, 0.3) is 5.91 Å². The van der Waals surface area contributed by atoms with Gasteiger partial charge in [0.2, 0.25) is 11.8 Å². The number of aryl methyl sites for hydroxylation is 1. The summed E-state index contributed by atoms with van der Waals surface area (Å²) in [5.41, 5.74) is 3.60. The zero-order valence-corrected chi connectivity index (χ0v) is 18.9. The summed E-state index contributed by atoms with van der Waals surface area (Å²) in [5, 5.41) is 5.58. The van der Waals surface area contributed by atoms with Gasteiger partial charge in [-0.1, -0.05) is 48.0 Å². The van der Waals surface area contributed by atoms with Gasteiger partial charge in [-0.05, 0) is 55.8 Å². The van der Waals surface area contributed by atoms with Crippen molar-refractivity contribution in [1.29, 1.82) is 0 Å². The molecule has 3 aromatic carbocycles. The monoisotopic (exact) mass is 455 g/mol. The number of rotatable bonds is 6. The van der Waals surface area contributed by atoms with Gasteiger partial charge in [0.15, 0.2) is 6.10 Å². The second-order valence-electron chi connectivity index (χ2n) is 8.01. The number of fused-ring (bicyclic) bond motifs is 1. The Hall–Kier alpha value is -4.39. The number of carbonyl (C=O) groups excluding carboxylic acids is 3. The fourth-order valence-corrected chi connectivity index (χ4v) is 3.55. The topological polar surface area (TPSA) is 87.7 Å². The van der Waals surface area contributed by atoms with Crippen LogP contribution in [-0.2, 0) is 14.4 Å². The Labute approximate surface area is 198 Å². The number of nitrogens with zero attached hydrogens (tertiary/aromatic N) is 1. The lowest BCUT2D eigenvalue weighted by Gasteiger charge is -2.32. The van der Waals surface area contributed by atoms with Crippen molar-refractivity contribution in [2.24, 2.45) is 0 Å². The largest absolute Gasteiger partial charge is 0.479 e. The number of anilines is 3. The number of ether oxygens (including phenoxy) is 1. The highest BCUT2D eigenvalue weighted by Crippen LogP contribution is 2.36. The molecule has 1 unspecified atom stereocenters. The Morgan fingerprint density at radius 1 is 0.971 bits per heavy atom. The first-order valence-electron chi connectivity index (χ1n) is 10.9. The van der Waals surface area contributed by atoms with E-state index in [9.17, 15) is 14.4 Å². The molecule has 1 atom stereocenters. The van der Waals surface area contributed by atoms with Crippen molar-refractivity contribution in [2.75, 3.05) is 22.1 Å². The highest BCUT2D eigenvalue weighted by molar-refractivity contribution is 6.07. The lowest BCUT2D eigenvalue weighted by molar-refractivity contribution is -0.127. The molecule has 0 fully saturated rings. The Morgan fingerprint density at radius 3 is 2.44 bits per heavy atom. The second-order valence-corrected chi connectivity index (χ2v) is 8.01. The van der Waals surface area contributed by atoms with Gasteiger partial charge in [0.1, 0.15) is 12.3 Å². The molecular weight excluding hydrogens is 430 g/mol. The van der Waals surface area contributed by atoms with Crippen molar-refractivity contribution < 1.29 is 19.1 Å². The van der Waals surface area contributed by atoms with E-state index in [2.05, 4.69) is 10.6 Å². The molecular formula is C27H25N3O4. The predicted molar refractivity (Wildman–Crippen MR) is 133 cm³/mol. The molecule has 7 nitrogen and oxygen atoms in total. The van der Waals surface area contributed by atoms with Crippen molar-refractivity contribution in [2.45, 2.75) is 20.0 Å². The maximum atomic E-state index is 12.8. The van der Waals surface area contributed by atoms with Gasteiger partial charge in [0.05, 0.1) is 5.69 Å². The van der Waals surface area contributed by atoms with E-state index in [1.54, 1.807) is 43.3 Å². The lowest BCUT2D eigenvalue weighted by atomic mass is 10.1. The molecule has 7 heteroatoms. The van der Waals surface area contributed by atoms with Crippen molar-refractivity contribution in [3.8, 4) is 5.75 Å². The summed E-state index contributed by atoms with van der Waals surface area (Å²) in [5.74, 6) is -0.522. The number of carbonyl (C=O) groups is 3. The van der Waals surface area contributed by atoms with Crippen LogP contribution < -0.4 is 20.3 Å². The van der Waals surface area contributed by atoms with Crippen molar-refractivity contribution in [3.63, 3.8) is 0 Å². The quantitative estimate of drug-likeness (QED) is 0.540. The van der Waals surface area contributed by atoms with E-state index in [-0.39, 0.29) is 24.3 Å². The normalized spacial score (nSPS) is 14.9. The first-order chi connectivity index (χ1) is 16.4. The van der Waals surface area contributed by atoms with Crippen LogP contribution in [0.3, 0.4) is 0 Å². The average Bonchev–Trinajstić information content (AvgIpc) is 2.82. The minimum atomic E-state index is -0.727. The maximum absolute atomic E-state index is 12.8. The summed E-state index contributed by atoms with van der Waals surface area (Å²) in [6, 6.07) is 21.8. The van der Waals surface area contributed by atoms with Gasteiger partial charge in [-0.15, -0.1) is 0 Å². The number of hydrogen-bond donors (Lipinski definition) is 2. The minimum Gasteiger partial charge on any atom is -0.479 e. The Morgan fingerprint density at radius 2 is 1.71 bits per heavy atom. The molecule has 4 rings (SSSR count). The molecule has 2 N–H and O–H groups in total. The molecule has 0 aliphatic carbocycles. The third-order valence-corrected chi connectivity index (χ3v) is 5.30. The van der Waals surface area contributed by atoms with Crippen LogP contribution in [0.2, 0.25) is 0 Å². The van der Waals surface area contributed by atoms with Gasteiger partial charge >= 0.3 is 0 Å². The minimum absolute atomic E-state index is 0.181. The molecule has 3 aromatic rings. The Bertz CT molecular complexity index is 1240. The van der Waals surface area contributed by atoms with Crippen molar-refractivity contribution >= 4 is 40.9 Å². The van der Waals surface area contributed by atoms with E-state index in [1.807, 2.05) is 49.4 Å². The SMILES string of the molecule is Cc1ccc(/C=C/C(=O)Nc2ccc3c(c2)N(CC(=O)Nc2ccccc2)C(=O)C(C)O3)cc1. The number of hydrogen-bond acceptors (Lipinski definition) is 4. The summed E-state index contributed by atoms with van der Waals surface area (Å²) >= 11 is 0. The van der Waals surface area contributed by atoms with Gasteiger partial charge in [-0.2, -0.15) is 0 Å². The number of para-hydroxylation sites is 1. The van der Waals surface area contributed by atoms with Crippen LogP contribution in [0.1, 0.15) is 18.1 Å². The first-order valence-corrected chi connectivity index (χ1v) is 10.9. The first kappa shape index (κ1) is 22.8. The van der Waals surface area contributed by atoms with Crippen LogP contribution in [0, 0.1) is 6.92 Å². The predicted octanol–water partition coefficient (Wildman–Crippen LogP) is 4.40. The van der Waals surface area contributed by atoms with Gasteiger partial charge in [-0.3, -0.25) is 19.3 Å². The van der Waals surface area contributed by atoms with E-state index >= 15 is 0 Å². The number of benzene rings is 3. The Balaban J connectivity index is 1.49. The van der Waals surface area contributed by atoms with Crippen molar-refractivity contribution in [1.82, 2.24) is 0 Å². The summed E-state index contributed by atoms with van der Waals surface area (Å²) in [7, 11) is 0. The van der Waals surface area contributed by atoms with E-state index in [1.165, 1.54) is 11.0 Å². The average molecular weight is 456 g/mol. The van der Waals surface area contributed by atoms with Crippen LogP contribution in [0.5, 0.6) is 5.75 Å². The van der Waals surface area contributed by atoms with E-state index in [0.29, 0.717) is 22.8 Å². The van der Waals surface area contributed by atoms with E-state index in [0.717, 1.165) is 11.1 Å². The molecule has 0 spiro atoms. The molecule has 0 radical (unpaired) electrons. The number of nitrogens with one attached hydrogen (secondary N) is 2. The molecule has 3 amide bonds. The van der Waals surface area contributed by atoms with Gasteiger partial charge < -0.3 is 15.4 Å². The highest BCUT2D eigenvalue weighted by Gasteiger charge is 2.33. The maximum Gasteiger partial charge on any atom is 0.268 e. The standard InChI is InChI=1S/C27H25N3O4/c1-18-8-10-20(11-9-18)12-15-25(31)29-22-13-14-24-23(16-22)30(27(33)19(2)34-24)17-26(32)28-21-6-4-3-5-7-21/h3-16,19H,17H2,1-2H3,(H,28,32)(H,29,31)/b15-12+. The summed E-state index contributed by atoms with van der Waals surface area (Å²) < 4.78 is 5.70. The zero-order chi connectivity index (χ0) is 24.1. The molecule has 0 bridgehead atoms. The molecule has 1 aliphatic heterocycles. The van der Waals surface area contributed by atoms with E-state index in [4.69, 9.17) is 4.74 Å². The van der Waals surface area contributed by atoms with Gasteiger partial charge in [-0.25, -0.2) is 0 Å². The smallest absolute Gasteiger partial charge is 0.268 e. The lowest BCUT2D eigenvalue weighted by Crippen LogP contribution is -2.47. The van der Waals surface area contributed by atoms with Crippen molar-refractivity contribution in [3.05, 3.63) is 90.0 Å². The molecule has 1 heterocycles. The molecule has 0 saturated heterocycles. The third-order valence-electron chi connectivity index (χ3n) is 5.30. The molecule has 172 valence electrons. The third kappa shape index (κ3) is 5.50. The van der Waals surface area contributed by atoms with Crippen LogP contribution in [0.4, 0.5) is 17.1 Å². The zero-order valence-electron chi connectivity index (χ0n) is 18.9. The molecule has 1 aliphatic rings. The van der Waals surface area contributed by atoms with Crippen LogP contribution in [0.25, 0.3) is 6.08 Å². The van der Waals surface area contributed by atoms with Crippen LogP contribution in [-0.4, -0.2) is 30.4 Å². The fraction of sp³-hybridized carbons (Fsp3) is 0.148. The summed E-state index contributed by atoms with van der Waals surface area (Å²) in [6.07, 6.45) is 2.44. The Kier molecular flexibility index (Phi) is 6.73. The van der Waals surface area contributed by atoms with Gasteiger partial charge in [0, 0.05) is 17.5 Å². The number of amides is 3. The molecule has 0 aromatic heterocycles. The summed E-state index contributed by atoms with van der Waals surface area (Å²) in [4.78, 5) is 39.2. The fourth-order valence-electron chi connectivity index (χ4n) is 3.55. The van der Waals surface area contributed by atoms with E-state index < -0.39 is 6.10 Å². The second kappa shape index (κ2) is 10.0.